The van der Waals surface area contributed by atoms with Gasteiger partial charge in [0, 0.05) is 18.7 Å². The highest BCUT2D eigenvalue weighted by Crippen LogP contribution is 2.29. The number of anilines is 1. The van der Waals surface area contributed by atoms with E-state index in [-0.39, 0.29) is 0 Å². The highest BCUT2D eigenvalue weighted by molar-refractivity contribution is 5.64. The quantitative estimate of drug-likeness (QED) is 0.807. The van der Waals surface area contributed by atoms with Gasteiger partial charge in [0.05, 0.1) is 26.5 Å². The topological polar surface area (TPSA) is 76.9 Å². The highest BCUT2D eigenvalue weighted by atomic mass is 16.5. The number of nitrogens with zero attached hydrogens (tertiary/aromatic N) is 4. The van der Waals surface area contributed by atoms with E-state index in [4.69, 9.17) is 9.47 Å². The lowest BCUT2D eigenvalue weighted by molar-refractivity contribution is 0.122. The van der Waals surface area contributed by atoms with Crippen LogP contribution in [-0.2, 0) is 4.74 Å². The molecule has 0 bridgehead atoms. The van der Waals surface area contributed by atoms with Gasteiger partial charge in [-0.15, -0.1) is 4.91 Å². The zero-order valence-electron chi connectivity index (χ0n) is 12.2. The molecule has 2 aromatic rings. The van der Waals surface area contributed by atoms with Crippen LogP contribution in [0, 0.1) is 4.91 Å². The Bertz CT molecular complexity index is 672. The first-order chi connectivity index (χ1) is 10.8. The van der Waals surface area contributed by atoms with Gasteiger partial charge in [-0.05, 0) is 17.3 Å². The zero-order chi connectivity index (χ0) is 15.4. The Labute approximate surface area is 127 Å². The van der Waals surface area contributed by atoms with E-state index in [2.05, 4.69) is 20.0 Å². The third-order valence-corrected chi connectivity index (χ3v) is 3.48. The van der Waals surface area contributed by atoms with E-state index < -0.39 is 0 Å². The Hall–Kier alpha value is -2.54. The van der Waals surface area contributed by atoms with Gasteiger partial charge < -0.3 is 14.4 Å². The fourth-order valence-electron chi connectivity index (χ4n) is 2.35. The van der Waals surface area contributed by atoms with Gasteiger partial charge in [0.2, 0.25) is 0 Å². The number of methoxy groups -OCH3 is 1. The zero-order valence-corrected chi connectivity index (χ0v) is 12.2. The maximum atomic E-state index is 10.7. The van der Waals surface area contributed by atoms with Crippen LogP contribution in [-0.4, -0.2) is 43.4 Å². The van der Waals surface area contributed by atoms with Gasteiger partial charge in [-0.3, -0.25) is 0 Å². The lowest BCUT2D eigenvalue weighted by Crippen LogP contribution is -2.37. The molecule has 114 valence electrons. The van der Waals surface area contributed by atoms with Crippen molar-refractivity contribution < 1.29 is 9.47 Å². The van der Waals surface area contributed by atoms with Crippen LogP contribution in [0.5, 0.6) is 5.75 Å². The van der Waals surface area contributed by atoms with Crippen molar-refractivity contribution in [3.63, 3.8) is 0 Å². The first kappa shape index (κ1) is 14.4. The summed E-state index contributed by atoms with van der Waals surface area (Å²) < 4.78 is 10.7. The fourth-order valence-corrected chi connectivity index (χ4v) is 2.35. The summed E-state index contributed by atoms with van der Waals surface area (Å²) in [5.74, 6) is 1.89. The lowest BCUT2D eigenvalue weighted by atomic mass is 10.2. The van der Waals surface area contributed by atoms with Crippen molar-refractivity contribution >= 4 is 11.5 Å². The third kappa shape index (κ3) is 2.89. The Morgan fingerprint density at radius 1 is 1.32 bits per heavy atom. The van der Waals surface area contributed by atoms with Crippen LogP contribution in [0.4, 0.5) is 11.5 Å². The van der Waals surface area contributed by atoms with Crippen molar-refractivity contribution in [2.45, 2.75) is 0 Å². The molecule has 3 rings (SSSR count). The van der Waals surface area contributed by atoms with Crippen molar-refractivity contribution in [3.8, 4) is 17.1 Å². The molecule has 22 heavy (non-hydrogen) atoms. The summed E-state index contributed by atoms with van der Waals surface area (Å²) in [6, 6.07) is 6.91. The van der Waals surface area contributed by atoms with Gasteiger partial charge in [-0.1, -0.05) is 12.1 Å². The summed E-state index contributed by atoms with van der Waals surface area (Å²) in [4.78, 5) is 21.7. The second-order valence-electron chi connectivity index (χ2n) is 4.83. The second-order valence-corrected chi connectivity index (χ2v) is 4.83. The lowest BCUT2D eigenvalue weighted by Gasteiger charge is -2.28. The molecule has 1 aromatic heterocycles. The number of nitroso groups, excluding NO2 is 1. The summed E-state index contributed by atoms with van der Waals surface area (Å²) in [6.07, 6.45) is 1.65. The largest absolute Gasteiger partial charge is 0.491 e. The maximum absolute atomic E-state index is 10.7. The Morgan fingerprint density at radius 3 is 2.86 bits per heavy atom. The van der Waals surface area contributed by atoms with E-state index in [1.165, 1.54) is 0 Å². The molecule has 0 amide bonds. The van der Waals surface area contributed by atoms with E-state index in [0.717, 1.165) is 24.5 Å². The van der Waals surface area contributed by atoms with E-state index in [0.29, 0.717) is 30.5 Å². The average Bonchev–Trinajstić information content (AvgIpc) is 2.62. The summed E-state index contributed by atoms with van der Waals surface area (Å²) in [7, 11) is 1.60. The number of ether oxygens (including phenoxy) is 2. The first-order valence-corrected chi connectivity index (χ1v) is 6.99. The van der Waals surface area contributed by atoms with Crippen molar-refractivity contribution in [1.82, 2.24) is 9.97 Å². The van der Waals surface area contributed by atoms with Crippen LogP contribution in [0.15, 0.2) is 35.6 Å². The molecule has 0 atom stereocenters. The van der Waals surface area contributed by atoms with E-state index in [9.17, 15) is 4.91 Å². The van der Waals surface area contributed by atoms with E-state index in [1.54, 1.807) is 31.5 Å². The molecule has 0 radical (unpaired) electrons. The molecule has 1 aromatic carbocycles. The minimum absolute atomic E-state index is 0.352. The average molecular weight is 300 g/mol. The Kier molecular flexibility index (Phi) is 4.24. The van der Waals surface area contributed by atoms with E-state index in [1.807, 2.05) is 6.07 Å². The summed E-state index contributed by atoms with van der Waals surface area (Å²) >= 11 is 0. The van der Waals surface area contributed by atoms with Gasteiger partial charge >= 0.3 is 0 Å². The molecule has 1 aliphatic heterocycles. The molecule has 1 fully saturated rings. The Morgan fingerprint density at radius 2 is 2.14 bits per heavy atom. The predicted molar refractivity (Wildman–Crippen MR) is 82.5 cm³/mol. The predicted octanol–water partition coefficient (Wildman–Crippen LogP) is 2.39. The number of morpholine rings is 1. The molecular formula is C15H16N4O3. The molecule has 0 spiro atoms. The number of benzene rings is 1. The molecular weight excluding hydrogens is 284 g/mol. The van der Waals surface area contributed by atoms with Crippen LogP contribution < -0.4 is 9.64 Å². The molecule has 0 unspecified atom stereocenters. The molecule has 7 heteroatoms. The third-order valence-electron chi connectivity index (χ3n) is 3.48. The monoisotopic (exact) mass is 300 g/mol. The standard InChI is InChI=1S/C15H16N4O3/c1-21-13-10-16-14(11-3-2-4-12(9-11)18-20)17-15(13)19-5-7-22-8-6-19/h2-4,9-10H,5-8H2,1H3. The van der Waals surface area contributed by atoms with E-state index >= 15 is 0 Å². The molecule has 2 heterocycles. The molecule has 0 saturated carbocycles. The van der Waals surface area contributed by atoms with Crippen molar-refractivity contribution in [2.75, 3.05) is 38.3 Å². The van der Waals surface area contributed by atoms with Gasteiger partial charge in [0.15, 0.2) is 17.4 Å². The SMILES string of the molecule is COc1cnc(-c2cccc(N=O)c2)nc1N1CCOCC1. The molecule has 0 N–H and O–H groups in total. The van der Waals surface area contributed by atoms with Crippen molar-refractivity contribution in [1.29, 1.82) is 0 Å². The molecule has 7 nitrogen and oxygen atoms in total. The van der Waals surface area contributed by atoms with Crippen molar-refractivity contribution in [3.05, 3.63) is 35.4 Å². The summed E-state index contributed by atoms with van der Waals surface area (Å²) in [5.41, 5.74) is 1.10. The molecule has 1 saturated heterocycles. The number of hydrogen-bond acceptors (Lipinski definition) is 7. The van der Waals surface area contributed by atoms with Crippen LogP contribution in [0.2, 0.25) is 0 Å². The number of hydrogen-bond donors (Lipinski definition) is 0. The fraction of sp³-hybridized carbons (Fsp3) is 0.333. The highest BCUT2D eigenvalue weighted by Gasteiger charge is 2.18. The second kappa shape index (κ2) is 6.48. The summed E-state index contributed by atoms with van der Waals surface area (Å²) in [5, 5.41) is 2.95. The van der Waals surface area contributed by atoms with Crippen LogP contribution >= 0.6 is 0 Å². The van der Waals surface area contributed by atoms with Crippen molar-refractivity contribution in [2.24, 2.45) is 5.18 Å². The van der Waals surface area contributed by atoms with Gasteiger partial charge in [-0.25, -0.2) is 9.97 Å². The Balaban J connectivity index is 2.00. The minimum Gasteiger partial charge on any atom is -0.491 e. The van der Waals surface area contributed by atoms with Crippen LogP contribution in [0.25, 0.3) is 11.4 Å². The first-order valence-electron chi connectivity index (χ1n) is 6.99. The maximum Gasteiger partial charge on any atom is 0.179 e. The normalized spacial score (nSPS) is 14.7. The molecule has 1 aliphatic rings. The van der Waals surface area contributed by atoms with Gasteiger partial charge in [0.25, 0.3) is 0 Å². The van der Waals surface area contributed by atoms with Gasteiger partial charge in [0.1, 0.15) is 5.69 Å². The molecule has 0 aliphatic carbocycles. The smallest absolute Gasteiger partial charge is 0.179 e. The minimum atomic E-state index is 0.352. The summed E-state index contributed by atoms with van der Waals surface area (Å²) in [6.45, 7) is 2.82. The number of aromatic nitrogens is 2. The van der Waals surface area contributed by atoms with Crippen LogP contribution in [0.3, 0.4) is 0 Å². The number of rotatable bonds is 4. The van der Waals surface area contributed by atoms with Crippen LogP contribution in [0.1, 0.15) is 0 Å². The van der Waals surface area contributed by atoms with Gasteiger partial charge in [-0.2, -0.15) is 0 Å².